The summed E-state index contributed by atoms with van der Waals surface area (Å²) < 4.78 is 5.62. The van der Waals surface area contributed by atoms with E-state index in [0.29, 0.717) is 6.42 Å². The summed E-state index contributed by atoms with van der Waals surface area (Å²) in [6.07, 6.45) is 2.72. The highest BCUT2D eigenvalue weighted by Gasteiger charge is 2.19. The minimum Gasteiger partial charge on any atom is -0.481 e. The van der Waals surface area contributed by atoms with Crippen LogP contribution in [0.5, 0.6) is 0 Å². The highest BCUT2D eigenvalue weighted by Crippen LogP contribution is 2.17. The third-order valence-electron chi connectivity index (χ3n) is 1.87. The van der Waals surface area contributed by atoms with Crippen LogP contribution in [0.3, 0.4) is 0 Å². The van der Waals surface area contributed by atoms with E-state index in [1.54, 1.807) is 0 Å². The summed E-state index contributed by atoms with van der Waals surface area (Å²) in [7, 11) is 0. The number of hydrogen-bond acceptors (Lipinski definition) is 4. The fourth-order valence-corrected chi connectivity index (χ4v) is 1.44. The van der Waals surface area contributed by atoms with Crippen molar-refractivity contribution < 1.29 is 24.9 Å². The van der Waals surface area contributed by atoms with Crippen molar-refractivity contribution in [2.75, 3.05) is 6.61 Å². The quantitative estimate of drug-likeness (QED) is 0.673. The first kappa shape index (κ1) is 26.3. The van der Waals surface area contributed by atoms with Gasteiger partial charge in [-0.25, -0.2) is 0 Å². The van der Waals surface area contributed by atoms with E-state index < -0.39 is 12.1 Å². The molecule has 0 radical (unpaired) electrons. The summed E-state index contributed by atoms with van der Waals surface area (Å²) in [5.74, 6) is -0.682. The molecule has 0 aliphatic rings. The van der Waals surface area contributed by atoms with Gasteiger partial charge < -0.3 is 20.1 Å². The lowest BCUT2D eigenvalue weighted by Crippen LogP contribution is -2.31. The molecule has 0 bridgehead atoms. The number of carboxylic acid groups (broad SMARTS) is 1. The predicted octanol–water partition coefficient (Wildman–Crippen LogP) is 3.61. The van der Waals surface area contributed by atoms with Gasteiger partial charge in [0, 0.05) is 6.42 Å². The molecule has 22 heavy (non-hydrogen) atoms. The van der Waals surface area contributed by atoms with E-state index in [1.165, 1.54) is 6.92 Å². The van der Waals surface area contributed by atoms with Crippen molar-refractivity contribution >= 4 is 5.97 Å². The lowest BCUT2D eigenvalue weighted by molar-refractivity contribution is -0.137. The molecule has 0 saturated carbocycles. The minimum atomic E-state index is -0.682. The molecule has 0 fully saturated rings. The van der Waals surface area contributed by atoms with Crippen LogP contribution in [0.25, 0.3) is 0 Å². The van der Waals surface area contributed by atoms with Crippen LogP contribution in [-0.2, 0) is 9.53 Å². The van der Waals surface area contributed by atoms with Crippen molar-refractivity contribution in [3.05, 3.63) is 0 Å². The van der Waals surface area contributed by atoms with Crippen LogP contribution in [-0.4, -0.2) is 45.2 Å². The van der Waals surface area contributed by atoms with Crippen molar-refractivity contribution in [1.82, 2.24) is 0 Å². The van der Waals surface area contributed by atoms with Gasteiger partial charge in [0.1, 0.15) is 0 Å². The number of aliphatic hydroxyl groups excluding tert-OH is 2. The fourth-order valence-electron chi connectivity index (χ4n) is 1.44. The van der Waals surface area contributed by atoms with Crippen LogP contribution in [0.15, 0.2) is 0 Å². The first-order valence-electron chi connectivity index (χ1n) is 7.96. The third-order valence-corrected chi connectivity index (χ3v) is 1.87. The summed E-state index contributed by atoms with van der Waals surface area (Å²) in [6, 6.07) is 0. The standard InChI is InChI=1S/C8H18O.C6H12O2.C3H8O2/c1-7(2,3)9-8(4,5)6;1-2-3-4-5-6(7)8;1-3(5)2-4/h1-6H3;2-5H2,1H3,(H,7,8);3-5H,2H2,1H3. The van der Waals surface area contributed by atoms with Crippen LogP contribution in [0.2, 0.25) is 0 Å². The zero-order chi connectivity index (χ0) is 18.4. The molecule has 0 spiro atoms. The maximum Gasteiger partial charge on any atom is 0.303 e. The highest BCUT2D eigenvalue weighted by atomic mass is 16.5. The molecule has 0 aromatic carbocycles. The number of carbonyl (C=O) groups is 1. The first-order chi connectivity index (χ1) is 9.75. The molecule has 0 amide bonds. The van der Waals surface area contributed by atoms with E-state index in [2.05, 4.69) is 48.5 Å². The van der Waals surface area contributed by atoms with Gasteiger partial charge in [0.05, 0.1) is 23.9 Å². The molecule has 0 aromatic heterocycles. The van der Waals surface area contributed by atoms with Gasteiger partial charge >= 0.3 is 5.97 Å². The molecular weight excluding hydrogens is 284 g/mol. The van der Waals surface area contributed by atoms with E-state index in [-0.39, 0.29) is 17.8 Å². The second kappa shape index (κ2) is 14.0. The number of carboxylic acids is 1. The van der Waals surface area contributed by atoms with Crippen LogP contribution >= 0.6 is 0 Å². The van der Waals surface area contributed by atoms with Crippen LogP contribution in [0.1, 0.15) is 81.1 Å². The van der Waals surface area contributed by atoms with Crippen LogP contribution < -0.4 is 0 Å². The molecule has 3 N–H and O–H groups in total. The van der Waals surface area contributed by atoms with Crippen molar-refractivity contribution in [2.45, 2.75) is 98.4 Å². The topological polar surface area (TPSA) is 87.0 Å². The summed E-state index contributed by atoms with van der Waals surface area (Å²) in [5.41, 5.74) is -0.0312. The molecule has 0 aliphatic carbocycles. The monoisotopic (exact) mass is 322 g/mol. The Kier molecular flexibility index (Phi) is 16.7. The molecule has 136 valence electrons. The van der Waals surface area contributed by atoms with E-state index in [0.717, 1.165) is 19.3 Å². The van der Waals surface area contributed by atoms with E-state index in [4.69, 9.17) is 20.1 Å². The Morgan fingerprint density at radius 2 is 1.41 bits per heavy atom. The van der Waals surface area contributed by atoms with Gasteiger partial charge in [-0.1, -0.05) is 19.8 Å². The molecule has 1 unspecified atom stereocenters. The van der Waals surface area contributed by atoms with E-state index in [1.807, 2.05) is 0 Å². The Morgan fingerprint density at radius 3 is 1.55 bits per heavy atom. The van der Waals surface area contributed by atoms with Gasteiger partial charge in [-0.2, -0.15) is 0 Å². The SMILES string of the molecule is CC(C)(C)OC(C)(C)C.CC(O)CO.CCCCCC(=O)O. The molecule has 0 aliphatic heterocycles. The highest BCUT2D eigenvalue weighted by molar-refractivity contribution is 5.66. The Labute approximate surface area is 136 Å². The molecule has 0 heterocycles. The Bertz CT molecular complexity index is 237. The normalized spacial score (nSPS) is 12.5. The zero-order valence-corrected chi connectivity index (χ0v) is 15.8. The van der Waals surface area contributed by atoms with E-state index >= 15 is 0 Å². The summed E-state index contributed by atoms with van der Waals surface area (Å²) in [5, 5.41) is 24.1. The Balaban J connectivity index is -0.000000257. The first-order valence-corrected chi connectivity index (χ1v) is 7.96. The van der Waals surface area contributed by atoms with Crippen molar-refractivity contribution in [1.29, 1.82) is 0 Å². The molecular formula is C17H38O5. The number of aliphatic carboxylic acids is 1. The predicted molar refractivity (Wildman–Crippen MR) is 91.1 cm³/mol. The average Bonchev–Trinajstić information content (AvgIpc) is 2.25. The summed E-state index contributed by atoms with van der Waals surface area (Å²) >= 11 is 0. The lowest BCUT2D eigenvalue weighted by atomic mass is 10.1. The van der Waals surface area contributed by atoms with Gasteiger partial charge in [0.15, 0.2) is 0 Å². The largest absolute Gasteiger partial charge is 0.481 e. The molecule has 5 nitrogen and oxygen atoms in total. The summed E-state index contributed by atoms with van der Waals surface area (Å²) in [4.78, 5) is 9.87. The van der Waals surface area contributed by atoms with Gasteiger partial charge in [-0.3, -0.25) is 4.79 Å². The maximum atomic E-state index is 9.87. The molecule has 0 rings (SSSR count). The van der Waals surface area contributed by atoms with Crippen molar-refractivity contribution in [3.63, 3.8) is 0 Å². The second-order valence-corrected chi connectivity index (χ2v) is 7.21. The van der Waals surface area contributed by atoms with E-state index in [9.17, 15) is 4.79 Å². The van der Waals surface area contributed by atoms with Crippen LogP contribution in [0, 0.1) is 0 Å². The van der Waals surface area contributed by atoms with Gasteiger partial charge in [-0.05, 0) is 54.9 Å². The van der Waals surface area contributed by atoms with Gasteiger partial charge in [0.2, 0.25) is 0 Å². The Morgan fingerprint density at radius 1 is 1.05 bits per heavy atom. The van der Waals surface area contributed by atoms with Gasteiger partial charge in [-0.15, -0.1) is 0 Å². The second-order valence-electron chi connectivity index (χ2n) is 7.21. The molecule has 5 heteroatoms. The smallest absolute Gasteiger partial charge is 0.303 e. The number of aliphatic hydroxyl groups is 2. The molecule has 0 saturated heterocycles. The number of rotatable bonds is 5. The lowest BCUT2D eigenvalue weighted by Gasteiger charge is -2.30. The number of hydrogen-bond donors (Lipinski definition) is 3. The maximum absolute atomic E-state index is 9.87. The van der Waals surface area contributed by atoms with Crippen LogP contribution in [0.4, 0.5) is 0 Å². The molecule has 0 aromatic rings. The average molecular weight is 322 g/mol. The minimum absolute atomic E-state index is 0.0156. The Hall–Kier alpha value is -0.650. The zero-order valence-electron chi connectivity index (χ0n) is 15.8. The fraction of sp³-hybridized carbons (Fsp3) is 0.941. The number of unbranched alkanes of at least 4 members (excludes halogenated alkanes) is 2. The third kappa shape index (κ3) is 42.7. The number of ether oxygens (including phenoxy) is 1. The molecule has 1 atom stereocenters. The van der Waals surface area contributed by atoms with Crippen molar-refractivity contribution in [2.24, 2.45) is 0 Å². The summed E-state index contributed by atoms with van der Waals surface area (Å²) in [6.45, 7) is 15.9. The van der Waals surface area contributed by atoms with Crippen molar-refractivity contribution in [3.8, 4) is 0 Å². The van der Waals surface area contributed by atoms with Gasteiger partial charge in [0.25, 0.3) is 0 Å².